The Kier molecular flexibility index (Phi) is 5.37. The predicted molar refractivity (Wildman–Crippen MR) is 81.9 cm³/mol. The van der Waals surface area contributed by atoms with Gasteiger partial charge in [0.05, 0.1) is 19.1 Å². The third-order valence-corrected chi connectivity index (χ3v) is 4.23. The zero-order valence-electron chi connectivity index (χ0n) is 13.0. The van der Waals surface area contributed by atoms with Crippen molar-refractivity contribution in [3.05, 3.63) is 35.4 Å². The molecule has 0 aliphatic carbocycles. The molecule has 0 spiro atoms. The van der Waals surface area contributed by atoms with Crippen LogP contribution in [0.5, 0.6) is 0 Å². The normalized spacial score (nSPS) is 23.6. The summed E-state index contributed by atoms with van der Waals surface area (Å²) < 4.78 is 4.76. The number of hydrogen-bond donors (Lipinski definition) is 1. The van der Waals surface area contributed by atoms with Crippen LogP contribution < -0.4 is 0 Å². The average Bonchev–Trinajstić information content (AvgIpc) is 2.62. The van der Waals surface area contributed by atoms with Gasteiger partial charge in [0, 0.05) is 13.1 Å². The Morgan fingerprint density at radius 2 is 2.00 bits per heavy atom. The molecule has 4 nitrogen and oxygen atoms in total. The van der Waals surface area contributed by atoms with Crippen LogP contribution in [0.1, 0.15) is 37.3 Å². The molecule has 1 unspecified atom stereocenters. The van der Waals surface area contributed by atoms with Crippen molar-refractivity contribution in [1.82, 2.24) is 4.90 Å². The highest BCUT2D eigenvalue weighted by Gasteiger charge is 2.25. The van der Waals surface area contributed by atoms with Crippen molar-refractivity contribution in [1.29, 1.82) is 0 Å². The van der Waals surface area contributed by atoms with Crippen molar-refractivity contribution in [2.24, 2.45) is 0 Å². The molecule has 1 aliphatic rings. The van der Waals surface area contributed by atoms with Crippen molar-refractivity contribution in [3.8, 4) is 0 Å². The lowest BCUT2D eigenvalue weighted by Gasteiger charge is -2.23. The Hall–Kier alpha value is -1.39. The van der Waals surface area contributed by atoms with Crippen LogP contribution in [0, 0.1) is 0 Å². The molecule has 0 aromatic heterocycles. The highest BCUT2D eigenvalue weighted by atomic mass is 16.5. The lowest BCUT2D eigenvalue weighted by Crippen LogP contribution is -2.28. The van der Waals surface area contributed by atoms with E-state index in [1.807, 2.05) is 25.1 Å². The Labute approximate surface area is 126 Å². The van der Waals surface area contributed by atoms with E-state index in [2.05, 4.69) is 11.0 Å². The van der Waals surface area contributed by atoms with E-state index in [0.717, 1.165) is 44.5 Å². The van der Waals surface area contributed by atoms with E-state index in [4.69, 9.17) is 4.74 Å². The van der Waals surface area contributed by atoms with Gasteiger partial charge in [0.1, 0.15) is 0 Å². The fraction of sp³-hybridized carbons (Fsp3) is 0.588. The second kappa shape index (κ2) is 7.05. The summed E-state index contributed by atoms with van der Waals surface area (Å²) in [5, 5.41) is 10.2. The summed E-state index contributed by atoms with van der Waals surface area (Å²) >= 11 is 0. The van der Waals surface area contributed by atoms with Crippen LogP contribution in [0.3, 0.4) is 0 Å². The van der Waals surface area contributed by atoms with E-state index in [1.54, 1.807) is 0 Å². The molecular formula is C17H25NO3. The number of carbonyl (C=O) groups excluding carboxylic acids is 1. The van der Waals surface area contributed by atoms with Crippen LogP contribution in [-0.2, 0) is 22.5 Å². The molecule has 0 amide bonds. The summed E-state index contributed by atoms with van der Waals surface area (Å²) in [6, 6.07) is 8.01. The number of likely N-dealkylation sites (tertiary alicyclic amines) is 1. The second-order valence-corrected chi connectivity index (χ2v) is 6.15. The third-order valence-electron chi connectivity index (χ3n) is 4.23. The summed E-state index contributed by atoms with van der Waals surface area (Å²) in [7, 11) is 1.42. The number of aliphatic hydroxyl groups is 1. The standard InChI is InChI=1S/C17H25NO3/c1-17(20)8-5-10-18(11-9-17)13-15-7-4-3-6-14(15)12-16(19)21-2/h3-4,6-7,20H,5,8-13H2,1-2H3. The van der Waals surface area contributed by atoms with Gasteiger partial charge in [-0.1, -0.05) is 24.3 Å². The van der Waals surface area contributed by atoms with Crippen LogP contribution in [0.25, 0.3) is 0 Å². The first-order valence-electron chi connectivity index (χ1n) is 7.58. The molecule has 1 aromatic rings. The number of hydrogen-bond acceptors (Lipinski definition) is 4. The summed E-state index contributed by atoms with van der Waals surface area (Å²) in [4.78, 5) is 13.9. The van der Waals surface area contributed by atoms with Crippen LogP contribution in [0.15, 0.2) is 24.3 Å². The number of nitrogens with zero attached hydrogens (tertiary/aromatic N) is 1. The zero-order valence-corrected chi connectivity index (χ0v) is 13.0. The maximum atomic E-state index is 11.5. The van der Waals surface area contributed by atoms with E-state index in [9.17, 15) is 9.90 Å². The fourth-order valence-corrected chi connectivity index (χ4v) is 2.83. The Morgan fingerprint density at radius 3 is 2.71 bits per heavy atom. The Balaban J connectivity index is 2.03. The molecule has 116 valence electrons. The van der Waals surface area contributed by atoms with Crippen molar-refractivity contribution < 1.29 is 14.6 Å². The Morgan fingerprint density at radius 1 is 1.29 bits per heavy atom. The molecule has 4 heteroatoms. The number of rotatable bonds is 4. The van der Waals surface area contributed by atoms with Gasteiger partial charge in [-0.3, -0.25) is 9.69 Å². The van der Waals surface area contributed by atoms with Crippen LogP contribution >= 0.6 is 0 Å². The zero-order chi connectivity index (χ0) is 15.3. The van der Waals surface area contributed by atoms with E-state index < -0.39 is 5.60 Å². The Bertz CT molecular complexity index is 485. The molecular weight excluding hydrogens is 266 g/mol. The number of carbonyl (C=O) groups is 1. The van der Waals surface area contributed by atoms with Gasteiger partial charge in [-0.25, -0.2) is 0 Å². The maximum Gasteiger partial charge on any atom is 0.309 e. The number of methoxy groups -OCH3 is 1. The largest absolute Gasteiger partial charge is 0.469 e. The molecule has 1 N–H and O–H groups in total. The molecule has 1 saturated heterocycles. The molecule has 1 aliphatic heterocycles. The average molecular weight is 291 g/mol. The van der Waals surface area contributed by atoms with Gasteiger partial charge < -0.3 is 9.84 Å². The molecule has 1 aromatic carbocycles. The highest BCUT2D eigenvalue weighted by molar-refractivity contribution is 5.72. The summed E-state index contributed by atoms with van der Waals surface area (Å²) in [6.45, 7) is 4.62. The number of benzene rings is 1. The highest BCUT2D eigenvalue weighted by Crippen LogP contribution is 2.23. The second-order valence-electron chi connectivity index (χ2n) is 6.15. The molecule has 1 heterocycles. The van der Waals surface area contributed by atoms with E-state index >= 15 is 0 Å². The molecule has 0 radical (unpaired) electrons. The maximum absolute atomic E-state index is 11.5. The smallest absolute Gasteiger partial charge is 0.309 e. The van der Waals surface area contributed by atoms with Gasteiger partial charge in [-0.2, -0.15) is 0 Å². The SMILES string of the molecule is COC(=O)Cc1ccccc1CN1CCCC(C)(O)CC1. The van der Waals surface area contributed by atoms with Crippen molar-refractivity contribution >= 4 is 5.97 Å². The molecule has 0 bridgehead atoms. The third kappa shape index (κ3) is 4.83. The first kappa shape index (κ1) is 16.0. The van der Waals surface area contributed by atoms with Crippen molar-refractivity contribution in [2.75, 3.05) is 20.2 Å². The monoisotopic (exact) mass is 291 g/mol. The van der Waals surface area contributed by atoms with Crippen LogP contribution in [-0.4, -0.2) is 41.8 Å². The van der Waals surface area contributed by atoms with Crippen LogP contribution in [0.4, 0.5) is 0 Å². The lowest BCUT2D eigenvalue weighted by atomic mass is 9.98. The molecule has 21 heavy (non-hydrogen) atoms. The summed E-state index contributed by atoms with van der Waals surface area (Å²) in [6.07, 6.45) is 2.98. The summed E-state index contributed by atoms with van der Waals surface area (Å²) in [5.41, 5.74) is 1.66. The van der Waals surface area contributed by atoms with Gasteiger partial charge >= 0.3 is 5.97 Å². The quantitative estimate of drug-likeness (QED) is 0.864. The minimum absolute atomic E-state index is 0.207. The first-order chi connectivity index (χ1) is 10.00. The fourth-order valence-electron chi connectivity index (χ4n) is 2.83. The molecule has 2 rings (SSSR count). The van der Waals surface area contributed by atoms with Crippen molar-refractivity contribution in [2.45, 2.75) is 44.8 Å². The van der Waals surface area contributed by atoms with Gasteiger partial charge in [0.15, 0.2) is 0 Å². The topological polar surface area (TPSA) is 49.8 Å². The summed E-state index contributed by atoms with van der Waals surface area (Å²) in [5.74, 6) is -0.207. The van der Waals surface area contributed by atoms with Gasteiger partial charge in [-0.15, -0.1) is 0 Å². The van der Waals surface area contributed by atoms with E-state index in [-0.39, 0.29) is 5.97 Å². The first-order valence-corrected chi connectivity index (χ1v) is 7.58. The van der Waals surface area contributed by atoms with Gasteiger partial charge in [0.2, 0.25) is 0 Å². The van der Waals surface area contributed by atoms with Crippen molar-refractivity contribution in [3.63, 3.8) is 0 Å². The molecule has 0 saturated carbocycles. The molecule has 1 fully saturated rings. The van der Waals surface area contributed by atoms with Gasteiger partial charge in [-0.05, 0) is 43.9 Å². The van der Waals surface area contributed by atoms with E-state index in [1.165, 1.54) is 12.7 Å². The minimum Gasteiger partial charge on any atom is -0.469 e. The lowest BCUT2D eigenvalue weighted by molar-refractivity contribution is -0.139. The minimum atomic E-state index is -0.541. The van der Waals surface area contributed by atoms with E-state index in [0.29, 0.717) is 6.42 Å². The van der Waals surface area contributed by atoms with Crippen LogP contribution in [0.2, 0.25) is 0 Å². The predicted octanol–water partition coefficient (Wildman–Crippen LogP) is 2.14. The van der Waals surface area contributed by atoms with Gasteiger partial charge in [0.25, 0.3) is 0 Å². The number of ether oxygens (including phenoxy) is 1. The molecule has 1 atom stereocenters. The number of esters is 1.